The summed E-state index contributed by atoms with van der Waals surface area (Å²) in [4.78, 5) is 12.2. The lowest BCUT2D eigenvalue weighted by molar-refractivity contribution is 0.0950. The molecular weight excluding hydrogens is 354 g/mol. The number of carbonyl (C=O) groups is 1. The Hall–Kier alpha value is -1.36. The molecule has 0 aliphatic heterocycles. The van der Waals surface area contributed by atoms with Gasteiger partial charge in [0.05, 0.1) is 12.2 Å². The van der Waals surface area contributed by atoms with Gasteiger partial charge in [0.25, 0.3) is 5.91 Å². The molecule has 0 heterocycles. The summed E-state index contributed by atoms with van der Waals surface area (Å²) >= 11 is 9.27. The van der Waals surface area contributed by atoms with E-state index in [4.69, 9.17) is 16.3 Å². The van der Waals surface area contributed by atoms with Crippen LogP contribution < -0.4 is 5.32 Å². The molecular formula is C16H15BrClNO2. The lowest BCUT2D eigenvalue weighted by Gasteiger charge is -2.08. The summed E-state index contributed by atoms with van der Waals surface area (Å²) < 4.78 is 5.82. The minimum Gasteiger partial charge on any atom is -0.380 e. The minimum absolute atomic E-state index is 0.165. The number of ether oxygens (including phenoxy) is 1. The summed E-state index contributed by atoms with van der Waals surface area (Å²) in [7, 11) is 1.66. The summed E-state index contributed by atoms with van der Waals surface area (Å²) in [6.07, 6.45) is 0. The van der Waals surface area contributed by atoms with Gasteiger partial charge < -0.3 is 10.1 Å². The first-order valence-corrected chi connectivity index (χ1v) is 7.57. The Balaban J connectivity index is 2.04. The van der Waals surface area contributed by atoms with Gasteiger partial charge in [-0.2, -0.15) is 0 Å². The van der Waals surface area contributed by atoms with E-state index in [0.717, 1.165) is 15.6 Å². The number of nitrogens with one attached hydrogen (secondary N) is 1. The van der Waals surface area contributed by atoms with Crippen molar-refractivity contribution in [3.63, 3.8) is 0 Å². The normalized spacial score (nSPS) is 10.4. The van der Waals surface area contributed by atoms with Crippen molar-refractivity contribution in [3.8, 4) is 0 Å². The standard InChI is InChI=1S/C16H15BrClNO2/c1-21-10-12-4-2-3-11(7-12)9-19-16(20)14-8-13(18)5-6-15(14)17/h2-8H,9-10H2,1H3,(H,19,20). The van der Waals surface area contributed by atoms with Crippen molar-refractivity contribution in [3.05, 3.63) is 68.7 Å². The van der Waals surface area contributed by atoms with E-state index in [9.17, 15) is 4.79 Å². The molecule has 0 unspecified atom stereocenters. The molecule has 0 aliphatic carbocycles. The van der Waals surface area contributed by atoms with Crippen LogP contribution in [0.3, 0.4) is 0 Å². The Morgan fingerprint density at radius 3 is 2.76 bits per heavy atom. The van der Waals surface area contributed by atoms with E-state index in [2.05, 4.69) is 21.2 Å². The van der Waals surface area contributed by atoms with Crippen LogP contribution in [0, 0.1) is 0 Å². The molecule has 0 saturated carbocycles. The van der Waals surface area contributed by atoms with Crippen molar-refractivity contribution in [2.24, 2.45) is 0 Å². The zero-order chi connectivity index (χ0) is 15.2. The maximum Gasteiger partial charge on any atom is 0.252 e. The van der Waals surface area contributed by atoms with Crippen LogP contribution in [-0.2, 0) is 17.9 Å². The lowest BCUT2D eigenvalue weighted by atomic mass is 10.1. The molecule has 0 aliphatic rings. The molecule has 0 bridgehead atoms. The molecule has 0 aromatic heterocycles. The lowest BCUT2D eigenvalue weighted by Crippen LogP contribution is -2.23. The Morgan fingerprint density at radius 2 is 2.00 bits per heavy atom. The summed E-state index contributed by atoms with van der Waals surface area (Å²) in [5.74, 6) is -0.165. The third-order valence-electron chi connectivity index (χ3n) is 2.93. The van der Waals surface area contributed by atoms with Gasteiger partial charge in [0, 0.05) is 23.1 Å². The van der Waals surface area contributed by atoms with Crippen molar-refractivity contribution < 1.29 is 9.53 Å². The average Bonchev–Trinajstić information content (AvgIpc) is 2.48. The Kier molecular flexibility index (Phi) is 5.79. The van der Waals surface area contributed by atoms with Crippen molar-refractivity contribution in [1.82, 2.24) is 5.32 Å². The second kappa shape index (κ2) is 7.59. The quantitative estimate of drug-likeness (QED) is 0.860. The van der Waals surface area contributed by atoms with Gasteiger partial charge in [0.1, 0.15) is 0 Å². The van der Waals surface area contributed by atoms with Gasteiger partial charge >= 0.3 is 0 Å². The fourth-order valence-electron chi connectivity index (χ4n) is 1.95. The van der Waals surface area contributed by atoms with Crippen LogP contribution in [0.2, 0.25) is 5.02 Å². The van der Waals surface area contributed by atoms with E-state index >= 15 is 0 Å². The number of carbonyl (C=O) groups excluding carboxylic acids is 1. The number of rotatable bonds is 5. The SMILES string of the molecule is COCc1cccc(CNC(=O)c2cc(Cl)ccc2Br)c1. The van der Waals surface area contributed by atoms with Gasteiger partial charge in [-0.25, -0.2) is 0 Å². The summed E-state index contributed by atoms with van der Waals surface area (Å²) in [5, 5.41) is 3.42. The van der Waals surface area contributed by atoms with Crippen LogP contribution in [0.1, 0.15) is 21.5 Å². The third kappa shape index (κ3) is 4.56. The fraction of sp³-hybridized carbons (Fsp3) is 0.188. The molecule has 2 aromatic rings. The van der Waals surface area contributed by atoms with Gasteiger partial charge in [-0.1, -0.05) is 35.9 Å². The van der Waals surface area contributed by atoms with Gasteiger partial charge in [0.15, 0.2) is 0 Å². The van der Waals surface area contributed by atoms with Gasteiger partial charge in [-0.15, -0.1) is 0 Å². The number of hydrogen-bond donors (Lipinski definition) is 1. The molecule has 5 heteroatoms. The van der Waals surface area contributed by atoms with Crippen LogP contribution in [0.25, 0.3) is 0 Å². The number of halogens is 2. The van der Waals surface area contributed by atoms with Gasteiger partial charge in [0.2, 0.25) is 0 Å². The van der Waals surface area contributed by atoms with Crippen LogP contribution in [0.4, 0.5) is 0 Å². The predicted molar refractivity (Wildman–Crippen MR) is 87.5 cm³/mol. The van der Waals surface area contributed by atoms with Crippen LogP contribution in [0.5, 0.6) is 0 Å². The molecule has 2 rings (SSSR count). The van der Waals surface area contributed by atoms with Crippen molar-refractivity contribution in [2.45, 2.75) is 13.2 Å². The third-order valence-corrected chi connectivity index (χ3v) is 3.86. The highest BCUT2D eigenvalue weighted by molar-refractivity contribution is 9.10. The first-order valence-electron chi connectivity index (χ1n) is 6.40. The molecule has 0 fully saturated rings. The molecule has 0 radical (unpaired) electrons. The van der Waals surface area contributed by atoms with Gasteiger partial charge in [-0.3, -0.25) is 4.79 Å². The maximum absolute atomic E-state index is 12.2. The molecule has 110 valence electrons. The second-order valence-corrected chi connectivity index (χ2v) is 5.85. The first-order chi connectivity index (χ1) is 10.1. The van der Waals surface area contributed by atoms with Crippen molar-refractivity contribution in [2.75, 3.05) is 7.11 Å². The predicted octanol–water partition coefficient (Wildman–Crippen LogP) is 4.18. The Bertz CT molecular complexity index is 646. The number of methoxy groups -OCH3 is 1. The zero-order valence-electron chi connectivity index (χ0n) is 11.5. The van der Waals surface area contributed by atoms with Gasteiger partial charge in [-0.05, 0) is 45.3 Å². The topological polar surface area (TPSA) is 38.3 Å². The maximum atomic E-state index is 12.2. The van der Waals surface area contributed by atoms with Crippen LogP contribution >= 0.6 is 27.5 Å². The molecule has 0 spiro atoms. The number of hydrogen-bond acceptors (Lipinski definition) is 2. The number of benzene rings is 2. The molecule has 0 atom stereocenters. The van der Waals surface area contributed by atoms with E-state index in [0.29, 0.717) is 23.7 Å². The summed E-state index contributed by atoms with van der Waals surface area (Å²) in [5.41, 5.74) is 2.62. The monoisotopic (exact) mass is 367 g/mol. The Labute approximate surface area is 137 Å². The molecule has 2 aromatic carbocycles. The molecule has 3 nitrogen and oxygen atoms in total. The number of amides is 1. The zero-order valence-corrected chi connectivity index (χ0v) is 13.9. The smallest absolute Gasteiger partial charge is 0.252 e. The van der Waals surface area contributed by atoms with E-state index in [1.807, 2.05) is 24.3 Å². The van der Waals surface area contributed by atoms with Crippen molar-refractivity contribution >= 4 is 33.4 Å². The largest absolute Gasteiger partial charge is 0.380 e. The van der Waals surface area contributed by atoms with E-state index in [1.54, 1.807) is 25.3 Å². The highest BCUT2D eigenvalue weighted by Crippen LogP contribution is 2.21. The summed E-state index contributed by atoms with van der Waals surface area (Å²) in [6.45, 7) is 1.01. The van der Waals surface area contributed by atoms with E-state index in [1.165, 1.54) is 0 Å². The molecule has 0 saturated heterocycles. The molecule has 1 amide bonds. The fourth-order valence-corrected chi connectivity index (χ4v) is 2.54. The average molecular weight is 369 g/mol. The van der Waals surface area contributed by atoms with Crippen molar-refractivity contribution in [1.29, 1.82) is 0 Å². The molecule has 1 N–H and O–H groups in total. The minimum atomic E-state index is -0.165. The highest BCUT2D eigenvalue weighted by Gasteiger charge is 2.10. The Morgan fingerprint density at radius 1 is 1.24 bits per heavy atom. The highest BCUT2D eigenvalue weighted by atomic mass is 79.9. The van der Waals surface area contributed by atoms with Crippen LogP contribution in [0.15, 0.2) is 46.9 Å². The van der Waals surface area contributed by atoms with E-state index in [-0.39, 0.29) is 5.91 Å². The molecule has 21 heavy (non-hydrogen) atoms. The first kappa shape index (κ1) is 16.0. The summed E-state index contributed by atoms with van der Waals surface area (Å²) in [6, 6.07) is 13.0. The second-order valence-electron chi connectivity index (χ2n) is 4.56. The van der Waals surface area contributed by atoms with Crippen LogP contribution in [-0.4, -0.2) is 13.0 Å². The van der Waals surface area contributed by atoms with E-state index < -0.39 is 0 Å².